The highest BCUT2D eigenvalue weighted by Gasteiger charge is 2.18. The predicted molar refractivity (Wildman–Crippen MR) is 73.4 cm³/mol. The van der Waals surface area contributed by atoms with Crippen molar-refractivity contribution in [1.82, 2.24) is 0 Å². The van der Waals surface area contributed by atoms with Gasteiger partial charge in [-0.2, -0.15) is 0 Å². The Balaban J connectivity index is 2.09. The summed E-state index contributed by atoms with van der Waals surface area (Å²) in [5, 5.41) is 0.882. The molecule has 1 aromatic carbocycles. The van der Waals surface area contributed by atoms with Crippen molar-refractivity contribution in [2.45, 2.75) is 13.8 Å². The number of halogens is 1. The van der Waals surface area contributed by atoms with Gasteiger partial charge in [0.15, 0.2) is 0 Å². The largest absolute Gasteiger partial charge is 0.466 e. The summed E-state index contributed by atoms with van der Waals surface area (Å²) in [7, 11) is 0. The Labute approximate surface area is 113 Å². The quantitative estimate of drug-likeness (QED) is 0.645. The van der Waals surface area contributed by atoms with Crippen molar-refractivity contribution in [3.63, 3.8) is 0 Å². The molecule has 0 bridgehead atoms. The van der Waals surface area contributed by atoms with Crippen LogP contribution in [0.4, 0.5) is 4.39 Å². The molecule has 0 N–H and O–H groups in total. The molecule has 2 aromatic heterocycles. The van der Waals surface area contributed by atoms with Crippen molar-refractivity contribution in [3.8, 4) is 0 Å². The van der Waals surface area contributed by atoms with Crippen LogP contribution in [0.25, 0.3) is 10.1 Å². The molecule has 0 amide bonds. The van der Waals surface area contributed by atoms with Crippen molar-refractivity contribution in [3.05, 3.63) is 58.1 Å². The second kappa shape index (κ2) is 4.31. The topological polar surface area (TPSA) is 30.2 Å². The summed E-state index contributed by atoms with van der Waals surface area (Å²) in [6.45, 7) is 3.58. The average Bonchev–Trinajstić information content (AvgIpc) is 2.91. The minimum atomic E-state index is -0.288. The van der Waals surface area contributed by atoms with Crippen LogP contribution >= 0.6 is 11.3 Å². The van der Waals surface area contributed by atoms with Gasteiger partial charge < -0.3 is 4.42 Å². The van der Waals surface area contributed by atoms with Gasteiger partial charge in [-0.15, -0.1) is 11.3 Å². The number of hydrogen-bond donors (Lipinski definition) is 0. The van der Waals surface area contributed by atoms with Crippen molar-refractivity contribution in [2.75, 3.05) is 0 Å². The van der Waals surface area contributed by atoms with Gasteiger partial charge in [-0.1, -0.05) is 6.07 Å². The number of hydrogen-bond acceptors (Lipinski definition) is 3. The molecule has 96 valence electrons. The lowest BCUT2D eigenvalue weighted by atomic mass is 10.1. The molecule has 0 aliphatic heterocycles. The smallest absolute Gasteiger partial charge is 0.206 e. The molecule has 0 spiro atoms. The maximum absolute atomic E-state index is 13.1. The highest BCUT2D eigenvalue weighted by atomic mass is 32.1. The number of rotatable bonds is 2. The third-order valence-corrected chi connectivity index (χ3v) is 4.09. The van der Waals surface area contributed by atoms with Crippen LogP contribution in [0.3, 0.4) is 0 Å². The van der Waals surface area contributed by atoms with Crippen LogP contribution in [-0.4, -0.2) is 5.78 Å². The first kappa shape index (κ1) is 12.1. The third-order valence-electron chi connectivity index (χ3n) is 2.99. The van der Waals surface area contributed by atoms with E-state index in [0.29, 0.717) is 22.0 Å². The van der Waals surface area contributed by atoms with Crippen molar-refractivity contribution in [2.24, 2.45) is 0 Å². The highest BCUT2D eigenvalue weighted by molar-refractivity contribution is 7.21. The van der Waals surface area contributed by atoms with Gasteiger partial charge in [-0.3, -0.25) is 4.79 Å². The molecular formula is C15H11FO2S. The molecule has 2 heterocycles. The molecule has 19 heavy (non-hydrogen) atoms. The number of carbonyl (C=O) groups is 1. The zero-order valence-corrected chi connectivity index (χ0v) is 11.3. The number of fused-ring (bicyclic) bond motifs is 1. The van der Waals surface area contributed by atoms with Gasteiger partial charge in [0.1, 0.15) is 17.3 Å². The Morgan fingerprint density at radius 1 is 1.21 bits per heavy atom. The van der Waals surface area contributed by atoms with Crippen LogP contribution < -0.4 is 0 Å². The molecule has 0 radical (unpaired) electrons. The van der Waals surface area contributed by atoms with Gasteiger partial charge >= 0.3 is 0 Å². The number of benzene rings is 1. The van der Waals surface area contributed by atoms with Gasteiger partial charge in [0.2, 0.25) is 5.78 Å². The molecule has 0 aliphatic rings. The monoisotopic (exact) mass is 274 g/mol. The zero-order chi connectivity index (χ0) is 13.6. The standard InChI is InChI=1S/C15H11FO2S/c1-8-5-12(9(2)18-8)15(17)14-6-10-3-4-11(16)7-13(10)19-14/h3-7H,1-2H3. The number of thiophene rings is 1. The first-order chi connectivity index (χ1) is 9.04. The molecule has 0 unspecified atom stereocenters. The second-order valence-electron chi connectivity index (χ2n) is 4.45. The lowest BCUT2D eigenvalue weighted by Gasteiger charge is -1.93. The number of carbonyl (C=O) groups excluding carboxylic acids is 1. The minimum Gasteiger partial charge on any atom is -0.466 e. The Hall–Kier alpha value is -1.94. The minimum absolute atomic E-state index is 0.0732. The van der Waals surface area contributed by atoms with E-state index in [1.54, 1.807) is 25.1 Å². The molecule has 0 fully saturated rings. The Morgan fingerprint density at radius 3 is 2.68 bits per heavy atom. The fourth-order valence-electron chi connectivity index (χ4n) is 2.11. The maximum Gasteiger partial charge on any atom is 0.206 e. The summed E-state index contributed by atoms with van der Waals surface area (Å²) in [4.78, 5) is 13.0. The van der Waals surface area contributed by atoms with E-state index in [9.17, 15) is 9.18 Å². The predicted octanol–water partition coefficient (Wildman–Crippen LogP) is 4.48. The van der Waals surface area contributed by atoms with E-state index in [2.05, 4.69) is 0 Å². The van der Waals surface area contributed by atoms with Gasteiger partial charge in [0.25, 0.3) is 0 Å². The molecule has 0 saturated carbocycles. The average molecular weight is 274 g/mol. The van der Waals surface area contributed by atoms with E-state index in [1.807, 2.05) is 6.92 Å². The van der Waals surface area contributed by atoms with E-state index >= 15 is 0 Å². The SMILES string of the molecule is Cc1cc(C(=O)c2cc3ccc(F)cc3s2)c(C)o1. The van der Waals surface area contributed by atoms with Gasteiger partial charge in [0, 0.05) is 4.70 Å². The molecule has 0 saturated heterocycles. The Morgan fingerprint density at radius 2 is 2.00 bits per heavy atom. The van der Waals surface area contributed by atoms with Crippen LogP contribution in [0.15, 0.2) is 34.7 Å². The fourth-order valence-corrected chi connectivity index (χ4v) is 3.15. The van der Waals surface area contributed by atoms with E-state index < -0.39 is 0 Å². The van der Waals surface area contributed by atoms with E-state index in [1.165, 1.54) is 23.5 Å². The Kier molecular flexibility index (Phi) is 2.75. The summed E-state index contributed by atoms with van der Waals surface area (Å²) in [5.74, 6) is 0.971. The van der Waals surface area contributed by atoms with Crippen LogP contribution in [-0.2, 0) is 0 Å². The molecule has 0 aliphatic carbocycles. The zero-order valence-electron chi connectivity index (χ0n) is 10.5. The van der Waals surface area contributed by atoms with Crippen LogP contribution in [0.2, 0.25) is 0 Å². The lowest BCUT2D eigenvalue weighted by Crippen LogP contribution is -1.98. The fraction of sp³-hybridized carbons (Fsp3) is 0.133. The third kappa shape index (κ3) is 2.08. The summed E-state index contributed by atoms with van der Waals surface area (Å²) < 4.78 is 19.3. The second-order valence-corrected chi connectivity index (χ2v) is 5.53. The van der Waals surface area contributed by atoms with Gasteiger partial charge in [-0.25, -0.2) is 4.39 Å². The van der Waals surface area contributed by atoms with Crippen LogP contribution in [0.1, 0.15) is 26.8 Å². The Bertz CT molecular complexity index is 783. The van der Waals surface area contributed by atoms with Crippen LogP contribution in [0.5, 0.6) is 0 Å². The molecule has 0 atom stereocenters. The van der Waals surface area contributed by atoms with Crippen molar-refractivity contribution in [1.29, 1.82) is 0 Å². The number of ketones is 1. The number of aryl methyl sites for hydroxylation is 2. The van der Waals surface area contributed by atoms with E-state index in [0.717, 1.165) is 10.1 Å². The number of furan rings is 1. The molecule has 3 aromatic rings. The summed E-state index contributed by atoms with van der Waals surface area (Å²) >= 11 is 1.30. The van der Waals surface area contributed by atoms with E-state index in [-0.39, 0.29) is 11.6 Å². The summed E-state index contributed by atoms with van der Waals surface area (Å²) in [5.41, 5.74) is 0.574. The lowest BCUT2D eigenvalue weighted by molar-refractivity contribution is 0.104. The van der Waals surface area contributed by atoms with Crippen LogP contribution in [0, 0.1) is 19.7 Å². The molecule has 4 heteroatoms. The summed E-state index contributed by atoms with van der Waals surface area (Å²) in [6, 6.07) is 8.07. The van der Waals surface area contributed by atoms with Crippen molar-refractivity contribution >= 4 is 27.2 Å². The molecular weight excluding hydrogens is 263 g/mol. The normalized spacial score (nSPS) is 11.1. The summed E-state index contributed by atoms with van der Waals surface area (Å²) in [6.07, 6.45) is 0. The first-order valence-electron chi connectivity index (χ1n) is 5.85. The van der Waals surface area contributed by atoms with E-state index in [4.69, 9.17) is 4.42 Å². The first-order valence-corrected chi connectivity index (χ1v) is 6.67. The maximum atomic E-state index is 13.1. The molecule has 3 rings (SSSR count). The van der Waals surface area contributed by atoms with Crippen molar-refractivity contribution < 1.29 is 13.6 Å². The highest BCUT2D eigenvalue weighted by Crippen LogP contribution is 2.29. The van der Waals surface area contributed by atoms with Gasteiger partial charge in [-0.05, 0) is 43.5 Å². The van der Waals surface area contributed by atoms with Gasteiger partial charge in [0.05, 0.1) is 10.4 Å². The molecule has 2 nitrogen and oxygen atoms in total.